The van der Waals surface area contributed by atoms with Crippen molar-refractivity contribution in [3.8, 4) is 0 Å². The molecule has 1 N–H and O–H groups in total. The number of aromatic nitrogens is 2. The van der Waals surface area contributed by atoms with Crippen LogP contribution in [0.25, 0.3) is 28.6 Å². The van der Waals surface area contributed by atoms with E-state index in [-0.39, 0.29) is 0 Å². The van der Waals surface area contributed by atoms with Crippen LogP contribution in [0.3, 0.4) is 0 Å². The number of rotatable bonds is 1. The Morgan fingerprint density at radius 2 is 1.95 bits per heavy atom. The topological polar surface area (TPSA) is 28.7 Å². The molecule has 3 aromatic rings. The minimum Gasteiger partial charge on any atom is -0.355 e. The molecule has 0 amide bonds. The Labute approximate surface area is 116 Å². The van der Waals surface area contributed by atoms with Crippen molar-refractivity contribution in [2.45, 2.75) is 6.92 Å². The number of allylic oxidation sites excluding steroid dienone is 1. The fourth-order valence-corrected chi connectivity index (χ4v) is 2.94. The van der Waals surface area contributed by atoms with Gasteiger partial charge in [0, 0.05) is 33.4 Å². The van der Waals surface area contributed by atoms with Crippen molar-refractivity contribution < 1.29 is 0 Å². The fraction of sp³-hybridized carbons (Fsp3) is 0.0556. The van der Waals surface area contributed by atoms with Crippen molar-refractivity contribution in [3.05, 3.63) is 70.5 Å². The number of hydrogen-bond acceptors (Lipinski definition) is 1. The zero-order chi connectivity index (χ0) is 13.7. The molecule has 0 spiro atoms. The molecule has 1 aliphatic rings. The predicted octanol–water partition coefficient (Wildman–Crippen LogP) is 2.59. The lowest BCUT2D eigenvalue weighted by Gasteiger charge is -2.07. The molecule has 0 unspecified atom stereocenters. The van der Waals surface area contributed by atoms with Crippen LogP contribution in [0, 0.1) is 0 Å². The van der Waals surface area contributed by atoms with E-state index in [1.165, 1.54) is 33.0 Å². The summed E-state index contributed by atoms with van der Waals surface area (Å²) in [6, 6.07) is 12.5. The number of hydrogen-bond donors (Lipinski definition) is 1. The second-order valence-corrected chi connectivity index (χ2v) is 5.20. The first-order chi connectivity index (χ1) is 9.74. The van der Waals surface area contributed by atoms with Crippen molar-refractivity contribution in [1.82, 2.24) is 9.97 Å². The Hall–Kier alpha value is -2.61. The molecule has 1 aliphatic carbocycles. The third kappa shape index (κ3) is 1.48. The van der Waals surface area contributed by atoms with Gasteiger partial charge in [-0.05, 0) is 36.3 Å². The van der Waals surface area contributed by atoms with Crippen LogP contribution >= 0.6 is 0 Å². The number of benzene rings is 1. The number of H-pyrrole nitrogens is 1. The first-order valence-corrected chi connectivity index (χ1v) is 6.69. The molecular formula is C18H14N2. The maximum absolute atomic E-state index is 4.55. The molecule has 2 nitrogen and oxygen atoms in total. The minimum atomic E-state index is 0.952. The molecule has 2 heteroatoms. The van der Waals surface area contributed by atoms with E-state index in [4.69, 9.17) is 0 Å². The van der Waals surface area contributed by atoms with Crippen LogP contribution in [0.4, 0.5) is 0 Å². The maximum atomic E-state index is 4.55. The average molecular weight is 258 g/mol. The highest BCUT2D eigenvalue weighted by Gasteiger charge is 2.17. The van der Waals surface area contributed by atoms with E-state index in [9.17, 15) is 0 Å². The molecule has 0 saturated carbocycles. The average Bonchev–Trinajstić information content (AvgIpc) is 2.98. The zero-order valence-corrected chi connectivity index (χ0v) is 11.3. The molecular weight excluding hydrogens is 244 g/mol. The van der Waals surface area contributed by atoms with Gasteiger partial charge < -0.3 is 4.98 Å². The Morgan fingerprint density at radius 1 is 1.10 bits per heavy atom. The second kappa shape index (κ2) is 3.94. The van der Waals surface area contributed by atoms with Crippen LogP contribution in [0.15, 0.2) is 48.7 Å². The molecule has 4 rings (SSSR count). The highest BCUT2D eigenvalue weighted by atomic mass is 14.7. The molecule has 0 radical (unpaired) electrons. The summed E-state index contributed by atoms with van der Waals surface area (Å²) in [4.78, 5) is 7.89. The summed E-state index contributed by atoms with van der Waals surface area (Å²) >= 11 is 0. The van der Waals surface area contributed by atoms with E-state index in [2.05, 4.69) is 59.9 Å². The Bertz CT molecular complexity index is 969. The third-order valence-corrected chi connectivity index (χ3v) is 3.84. The molecule has 96 valence electrons. The lowest BCUT2D eigenvalue weighted by molar-refractivity contribution is 1.26. The maximum Gasteiger partial charge on any atom is 0.0780 e. The third-order valence-electron chi connectivity index (χ3n) is 3.84. The molecule has 0 saturated heterocycles. The Balaban J connectivity index is 2.04. The number of fused-ring (bicyclic) bond motifs is 2. The number of aromatic amines is 1. The minimum absolute atomic E-state index is 0.952. The van der Waals surface area contributed by atoms with Gasteiger partial charge in [0.1, 0.15) is 0 Å². The Kier molecular flexibility index (Phi) is 2.21. The molecule has 0 bridgehead atoms. The van der Waals surface area contributed by atoms with Gasteiger partial charge in [-0.2, -0.15) is 0 Å². The van der Waals surface area contributed by atoms with Crippen LogP contribution in [-0.2, 0) is 0 Å². The van der Waals surface area contributed by atoms with Crippen LogP contribution in [0.2, 0.25) is 0 Å². The highest BCUT2D eigenvalue weighted by Crippen LogP contribution is 2.30. The molecule has 20 heavy (non-hydrogen) atoms. The van der Waals surface area contributed by atoms with Gasteiger partial charge in [-0.25, -0.2) is 0 Å². The monoisotopic (exact) mass is 258 g/mol. The van der Waals surface area contributed by atoms with Gasteiger partial charge in [0.05, 0.1) is 5.52 Å². The van der Waals surface area contributed by atoms with E-state index in [0.29, 0.717) is 0 Å². The van der Waals surface area contributed by atoms with Crippen molar-refractivity contribution >= 4 is 28.6 Å². The van der Waals surface area contributed by atoms with Gasteiger partial charge in [0.25, 0.3) is 0 Å². The van der Waals surface area contributed by atoms with Crippen LogP contribution in [0.1, 0.15) is 18.1 Å². The number of para-hydroxylation sites is 1. The molecule has 2 aromatic heterocycles. The molecule has 1 aromatic carbocycles. The van der Waals surface area contributed by atoms with E-state index >= 15 is 0 Å². The van der Waals surface area contributed by atoms with Gasteiger partial charge in [-0.1, -0.05) is 30.8 Å². The summed E-state index contributed by atoms with van der Waals surface area (Å²) in [6.45, 7) is 6.12. The normalized spacial score (nSPS) is 13.7. The summed E-state index contributed by atoms with van der Waals surface area (Å²) in [5, 5.41) is 3.30. The predicted molar refractivity (Wildman–Crippen MR) is 83.5 cm³/mol. The molecule has 0 fully saturated rings. The first kappa shape index (κ1) is 11.2. The van der Waals surface area contributed by atoms with Crippen molar-refractivity contribution in [1.29, 1.82) is 0 Å². The summed E-state index contributed by atoms with van der Waals surface area (Å²) < 4.78 is 0. The van der Waals surface area contributed by atoms with Crippen LogP contribution < -0.4 is 10.7 Å². The van der Waals surface area contributed by atoms with Gasteiger partial charge in [-0.3, -0.25) is 4.98 Å². The van der Waals surface area contributed by atoms with Gasteiger partial charge >= 0.3 is 0 Å². The van der Waals surface area contributed by atoms with Crippen molar-refractivity contribution in [3.63, 3.8) is 0 Å². The SMILES string of the molecule is C=c1cc2c([nH]1)=C(C)C=C2c1cccc2cccnc12. The summed E-state index contributed by atoms with van der Waals surface area (Å²) in [6.07, 6.45) is 4.08. The van der Waals surface area contributed by atoms with Crippen LogP contribution in [-0.4, -0.2) is 9.97 Å². The van der Waals surface area contributed by atoms with Crippen molar-refractivity contribution in [2.24, 2.45) is 0 Å². The molecule has 0 aliphatic heterocycles. The largest absolute Gasteiger partial charge is 0.355 e. The second-order valence-electron chi connectivity index (χ2n) is 5.20. The quantitative estimate of drug-likeness (QED) is 0.714. The van der Waals surface area contributed by atoms with Crippen LogP contribution in [0.5, 0.6) is 0 Å². The van der Waals surface area contributed by atoms with Gasteiger partial charge in [0.2, 0.25) is 0 Å². The molecule has 2 heterocycles. The number of nitrogens with zero attached hydrogens (tertiary/aromatic N) is 1. The summed E-state index contributed by atoms with van der Waals surface area (Å²) in [7, 11) is 0. The smallest absolute Gasteiger partial charge is 0.0780 e. The van der Waals surface area contributed by atoms with E-state index < -0.39 is 0 Å². The summed E-state index contributed by atoms with van der Waals surface area (Å²) in [5.41, 5.74) is 5.94. The van der Waals surface area contributed by atoms with Gasteiger partial charge in [0.15, 0.2) is 0 Å². The number of nitrogens with one attached hydrogen (secondary N) is 1. The first-order valence-electron chi connectivity index (χ1n) is 6.69. The standard InChI is InChI=1S/C18H14N2/c1-11-9-15(16-10-12(2)20-17(11)16)14-7-3-5-13-6-4-8-19-18(13)14/h3-10,20H,2H2,1H3. The van der Waals surface area contributed by atoms with E-state index in [1.54, 1.807) is 0 Å². The Morgan fingerprint density at radius 3 is 2.85 bits per heavy atom. The lowest BCUT2D eigenvalue weighted by atomic mass is 9.99. The fourth-order valence-electron chi connectivity index (χ4n) is 2.94. The number of pyridine rings is 1. The highest BCUT2D eigenvalue weighted by molar-refractivity contribution is 5.99. The van der Waals surface area contributed by atoms with Gasteiger partial charge in [-0.15, -0.1) is 0 Å². The summed E-state index contributed by atoms with van der Waals surface area (Å²) in [5.74, 6) is 0. The lowest BCUT2D eigenvalue weighted by Crippen LogP contribution is -2.09. The van der Waals surface area contributed by atoms with E-state index in [1.807, 2.05) is 12.3 Å². The zero-order valence-electron chi connectivity index (χ0n) is 11.3. The van der Waals surface area contributed by atoms with E-state index in [0.717, 1.165) is 10.9 Å². The molecule has 0 atom stereocenters. The van der Waals surface area contributed by atoms with Crippen molar-refractivity contribution in [2.75, 3.05) is 0 Å².